The van der Waals surface area contributed by atoms with Gasteiger partial charge in [0.2, 0.25) is 5.91 Å². The van der Waals surface area contributed by atoms with Crippen molar-refractivity contribution in [3.63, 3.8) is 0 Å². The number of carbonyl (C=O) groups is 2. The van der Waals surface area contributed by atoms with Crippen LogP contribution in [0.1, 0.15) is 23.1 Å². The minimum Gasteiger partial charge on any atom is -0.495 e. The minimum atomic E-state index is -0.531. The molecule has 0 N–H and O–H groups in total. The van der Waals surface area contributed by atoms with Crippen molar-refractivity contribution in [3.05, 3.63) is 65.4 Å². The summed E-state index contributed by atoms with van der Waals surface area (Å²) in [6.07, 6.45) is 3.75. The molecule has 0 bridgehead atoms. The molecule has 3 heterocycles. The Hall–Kier alpha value is -3.37. The van der Waals surface area contributed by atoms with Crippen LogP contribution in [0.4, 0.5) is 10.8 Å². The molecule has 0 spiro atoms. The van der Waals surface area contributed by atoms with Crippen molar-refractivity contribution in [3.8, 4) is 5.75 Å². The third-order valence-corrected chi connectivity index (χ3v) is 6.14. The van der Waals surface area contributed by atoms with Gasteiger partial charge in [0.1, 0.15) is 12.4 Å². The van der Waals surface area contributed by atoms with E-state index in [1.807, 2.05) is 47.2 Å². The molecule has 8 nitrogen and oxygen atoms in total. The molecule has 1 amide bonds. The molecule has 0 saturated heterocycles. The summed E-state index contributed by atoms with van der Waals surface area (Å²) in [5.74, 6) is -0.180. The summed E-state index contributed by atoms with van der Waals surface area (Å²) < 4.78 is 12.7. The highest BCUT2D eigenvalue weighted by Gasteiger charge is 2.22. The molecule has 0 aliphatic carbocycles. The van der Waals surface area contributed by atoms with Crippen LogP contribution in [0.3, 0.4) is 0 Å². The quantitative estimate of drug-likeness (QED) is 0.290. The van der Waals surface area contributed by atoms with Crippen LogP contribution >= 0.6 is 23.1 Å². The van der Waals surface area contributed by atoms with E-state index in [2.05, 4.69) is 9.97 Å². The number of fused-ring (bicyclic) bond motifs is 1. The number of hydrogen-bond acceptors (Lipinski definition) is 8. The molecule has 0 aliphatic rings. The van der Waals surface area contributed by atoms with Gasteiger partial charge in [-0.15, -0.1) is 11.3 Å². The number of pyridine rings is 1. The van der Waals surface area contributed by atoms with E-state index in [-0.39, 0.29) is 18.2 Å². The number of carbonyl (C=O) groups excluding carboxylic acids is 2. The van der Waals surface area contributed by atoms with E-state index < -0.39 is 5.97 Å². The van der Waals surface area contributed by atoms with E-state index in [9.17, 15) is 9.59 Å². The van der Waals surface area contributed by atoms with Crippen LogP contribution in [-0.4, -0.2) is 39.6 Å². The van der Waals surface area contributed by atoms with Crippen molar-refractivity contribution in [1.82, 2.24) is 14.4 Å². The summed E-state index contributed by atoms with van der Waals surface area (Å²) in [7, 11) is 1.55. The van der Waals surface area contributed by atoms with Gasteiger partial charge >= 0.3 is 5.97 Å². The summed E-state index contributed by atoms with van der Waals surface area (Å²) in [5.41, 5.74) is 2.06. The molecular formula is C22H20N4O4S2. The number of benzene rings is 1. The van der Waals surface area contributed by atoms with E-state index in [0.29, 0.717) is 32.9 Å². The predicted octanol–water partition coefficient (Wildman–Crippen LogP) is 4.56. The standard InChI is InChI=1S/C22H20N4O4S2/c1-14(27)26(16-8-4-5-10-18(16)29-2)22-23-15(13-32-22)12-30-20(28)19-17-9-6-7-11-25(17)21(24-19)31-3/h4-11,13H,12H2,1-3H3. The highest BCUT2D eigenvalue weighted by molar-refractivity contribution is 7.98. The van der Waals surface area contributed by atoms with Crippen LogP contribution in [0.15, 0.2) is 59.2 Å². The van der Waals surface area contributed by atoms with Crippen LogP contribution < -0.4 is 9.64 Å². The summed E-state index contributed by atoms with van der Waals surface area (Å²) in [6, 6.07) is 12.8. The number of aromatic nitrogens is 3. The number of amides is 1. The lowest BCUT2D eigenvalue weighted by Crippen LogP contribution is -2.23. The molecule has 3 aromatic heterocycles. The van der Waals surface area contributed by atoms with Gasteiger partial charge in [-0.25, -0.2) is 14.8 Å². The fraction of sp³-hybridized carbons (Fsp3) is 0.182. The van der Waals surface area contributed by atoms with E-state index in [0.717, 1.165) is 0 Å². The molecule has 164 valence electrons. The Labute approximate surface area is 192 Å². The number of para-hydroxylation sites is 2. The molecule has 0 aliphatic heterocycles. The zero-order chi connectivity index (χ0) is 22.7. The first-order valence-corrected chi connectivity index (χ1v) is 11.7. The molecule has 1 aromatic carbocycles. The number of esters is 1. The first-order chi connectivity index (χ1) is 15.5. The highest BCUT2D eigenvalue weighted by Crippen LogP contribution is 2.35. The summed E-state index contributed by atoms with van der Waals surface area (Å²) in [4.78, 5) is 35.4. The van der Waals surface area contributed by atoms with Crippen molar-refractivity contribution in [2.75, 3.05) is 18.3 Å². The minimum absolute atomic E-state index is 0.0343. The second-order valence-electron chi connectivity index (χ2n) is 6.63. The summed E-state index contributed by atoms with van der Waals surface area (Å²) in [5, 5.41) is 2.93. The van der Waals surface area contributed by atoms with E-state index in [1.54, 1.807) is 24.6 Å². The van der Waals surface area contributed by atoms with Gasteiger partial charge in [0.05, 0.1) is 24.0 Å². The van der Waals surface area contributed by atoms with Gasteiger partial charge in [-0.05, 0) is 30.5 Å². The van der Waals surface area contributed by atoms with Crippen molar-refractivity contribution in [2.24, 2.45) is 0 Å². The average Bonchev–Trinajstić information content (AvgIpc) is 3.42. The van der Waals surface area contributed by atoms with Gasteiger partial charge in [-0.1, -0.05) is 30.0 Å². The lowest BCUT2D eigenvalue weighted by Gasteiger charge is -2.20. The van der Waals surface area contributed by atoms with Gasteiger partial charge in [0.15, 0.2) is 16.0 Å². The van der Waals surface area contributed by atoms with Gasteiger partial charge in [-0.2, -0.15) is 0 Å². The molecule has 32 heavy (non-hydrogen) atoms. The zero-order valence-corrected chi connectivity index (χ0v) is 19.3. The number of hydrogen-bond donors (Lipinski definition) is 0. The van der Waals surface area contributed by atoms with Crippen molar-refractivity contribution < 1.29 is 19.1 Å². The monoisotopic (exact) mass is 468 g/mol. The second-order valence-corrected chi connectivity index (χ2v) is 8.24. The summed E-state index contributed by atoms with van der Waals surface area (Å²) in [6.45, 7) is 1.42. The van der Waals surface area contributed by atoms with E-state index in [4.69, 9.17) is 9.47 Å². The maximum Gasteiger partial charge on any atom is 0.359 e. The maximum absolute atomic E-state index is 12.7. The normalized spacial score (nSPS) is 10.8. The number of thiazole rings is 1. The Morgan fingerprint density at radius 3 is 2.69 bits per heavy atom. The van der Waals surface area contributed by atoms with Crippen molar-refractivity contribution in [1.29, 1.82) is 0 Å². The van der Waals surface area contributed by atoms with E-state index in [1.165, 1.54) is 34.9 Å². The topological polar surface area (TPSA) is 86.0 Å². The molecule has 0 unspecified atom stereocenters. The molecule has 4 rings (SSSR count). The van der Waals surface area contributed by atoms with Crippen LogP contribution in [0.2, 0.25) is 0 Å². The molecule has 10 heteroatoms. The van der Waals surface area contributed by atoms with Gasteiger partial charge in [-0.3, -0.25) is 14.1 Å². The number of methoxy groups -OCH3 is 1. The first kappa shape index (κ1) is 21.8. The lowest BCUT2D eigenvalue weighted by molar-refractivity contribution is -0.115. The highest BCUT2D eigenvalue weighted by atomic mass is 32.2. The van der Waals surface area contributed by atoms with Gasteiger partial charge in [0.25, 0.3) is 0 Å². The Bertz CT molecular complexity index is 1280. The van der Waals surface area contributed by atoms with Crippen LogP contribution in [0.5, 0.6) is 5.75 Å². The predicted molar refractivity (Wildman–Crippen MR) is 124 cm³/mol. The molecule has 0 atom stereocenters. The molecule has 0 radical (unpaired) electrons. The zero-order valence-electron chi connectivity index (χ0n) is 17.6. The fourth-order valence-corrected chi connectivity index (χ4v) is 4.60. The number of ether oxygens (including phenoxy) is 2. The smallest absolute Gasteiger partial charge is 0.359 e. The molecule has 4 aromatic rings. The molecule has 0 saturated carbocycles. The molecular weight excluding hydrogens is 448 g/mol. The first-order valence-electron chi connectivity index (χ1n) is 9.59. The number of anilines is 2. The Morgan fingerprint density at radius 1 is 1.16 bits per heavy atom. The van der Waals surface area contributed by atoms with Crippen LogP contribution in [0, 0.1) is 0 Å². The van der Waals surface area contributed by atoms with Gasteiger partial charge < -0.3 is 9.47 Å². The fourth-order valence-electron chi connectivity index (χ4n) is 3.20. The van der Waals surface area contributed by atoms with Crippen molar-refractivity contribution in [2.45, 2.75) is 18.7 Å². The lowest BCUT2D eigenvalue weighted by atomic mass is 10.2. The number of thioether (sulfide) groups is 1. The second kappa shape index (κ2) is 9.41. The average molecular weight is 469 g/mol. The third-order valence-electron chi connectivity index (χ3n) is 4.61. The summed E-state index contributed by atoms with van der Waals surface area (Å²) >= 11 is 2.73. The Balaban J connectivity index is 1.53. The number of imidazole rings is 1. The van der Waals surface area contributed by atoms with E-state index >= 15 is 0 Å². The molecule has 0 fully saturated rings. The van der Waals surface area contributed by atoms with Crippen molar-refractivity contribution >= 4 is 51.3 Å². The number of nitrogens with zero attached hydrogens (tertiary/aromatic N) is 4. The maximum atomic E-state index is 12.7. The number of rotatable bonds is 7. The van der Waals surface area contributed by atoms with Crippen LogP contribution in [-0.2, 0) is 16.1 Å². The Morgan fingerprint density at radius 2 is 1.94 bits per heavy atom. The van der Waals surface area contributed by atoms with Crippen LogP contribution in [0.25, 0.3) is 5.52 Å². The largest absolute Gasteiger partial charge is 0.495 e. The van der Waals surface area contributed by atoms with Gasteiger partial charge in [0, 0.05) is 18.5 Å². The third kappa shape index (κ3) is 4.19. The Kier molecular flexibility index (Phi) is 6.42. The SMILES string of the molecule is COc1ccccc1N(C(C)=O)c1nc(COC(=O)c2nc(SC)n3ccccc23)cs1.